The number of rotatable bonds is 3. The number of nitrogens with zero attached hydrogens (tertiary/aromatic N) is 1. The molecule has 0 saturated heterocycles. The zero-order chi connectivity index (χ0) is 17.5. The maximum Gasteiger partial charge on any atom is 0.0680 e. The van der Waals surface area contributed by atoms with Gasteiger partial charge in [0.25, 0.3) is 0 Å². The van der Waals surface area contributed by atoms with Crippen molar-refractivity contribution in [1.82, 2.24) is 0 Å². The monoisotopic (exact) mass is 517 g/mol. The van der Waals surface area contributed by atoms with Crippen LogP contribution >= 0.6 is 0 Å². The molecule has 0 amide bonds. The van der Waals surface area contributed by atoms with Gasteiger partial charge in [-0.1, -0.05) is 36.0 Å². The fourth-order valence-electron chi connectivity index (χ4n) is 2.83. The quantitative estimate of drug-likeness (QED) is 0.605. The van der Waals surface area contributed by atoms with E-state index in [2.05, 4.69) is 49.4 Å². The van der Waals surface area contributed by atoms with Crippen LogP contribution in [0.15, 0.2) is 65.2 Å². The Morgan fingerprint density at radius 2 is 1.80 bits per heavy atom. The molecule has 1 aliphatic carbocycles. The number of hydrogen-bond acceptors (Lipinski definition) is 3. The van der Waals surface area contributed by atoms with Gasteiger partial charge in [0.15, 0.2) is 0 Å². The molecule has 3 rings (SSSR count). The third-order valence-electron chi connectivity index (χ3n) is 3.89. The molecule has 4 heteroatoms. The van der Waals surface area contributed by atoms with E-state index in [0.29, 0.717) is 12.3 Å². The van der Waals surface area contributed by atoms with E-state index in [1.165, 1.54) is 5.57 Å². The van der Waals surface area contributed by atoms with E-state index in [9.17, 15) is 0 Å². The zero-order valence-corrected chi connectivity index (χ0v) is 17.3. The number of fused-ring (bicyclic) bond motifs is 1. The topological polar surface area (TPSA) is 52.8 Å². The van der Waals surface area contributed by atoms with E-state index in [-0.39, 0.29) is 38.4 Å². The molecule has 4 atom stereocenters. The van der Waals surface area contributed by atoms with Crippen molar-refractivity contribution < 1.29 is 30.3 Å². The van der Waals surface area contributed by atoms with Crippen molar-refractivity contribution in [3.63, 3.8) is 0 Å². The predicted octanol–water partition coefficient (Wildman–Crippen LogP) is 3.48. The van der Waals surface area contributed by atoms with Crippen LogP contribution in [-0.4, -0.2) is 34.2 Å². The molecule has 0 aromatic heterocycles. The van der Waals surface area contributed by atoms with Gasteiger partial charge in [-0.05, 0) is 32.9 Å². The summed E-state index contributed by atoms with van der Waals surface area (Å²) < 4.78 is 0. The van der Waals surface area contributed by atoms with Crippen LogP contribution in [0.4, 0.5) is 0 Å². The minimum Gasteiger partial charge on any atom is -0.393 e. The molecule has 1 aliphatic heterocycles. The summed E-state index contributed by atoms with van der Waals surface area (Å²) in [5, 5.41) is 17.1. The average Bonchev–Trinajstić information content (AvgIpc) is 2.54. The minimum absolute atomic E-state index is 0. The Kier molecular flexibility index (Phi) is 9.23. The second-order valence-corrected chi connectivity index (χ2v) is 6.38. The first-order valence-corrected chi connectivity index (χ1v) is 8.42. The number of allylic oxidation sites excluding steroid dienone is 3. The van der Waals surface area contributed by atoms with E-state index in [1.54, 1.807) is 13.8 Å². The van der Waals surface area contributed by atoms with Crippen LogP contribution in [0, 0.1) is 12.0 Å². The fraction of sp³-hybridized carbons (Fsp3) is 0.381. The molecule has 0 spiro atoms. The van der Waals surface area contributed by atoms with Gasteiger partial charge in [0.1, 0.15) is 0 Å². The summed E-state index contributed by atoms with van der Waals surface area (Å²) in [6, 6.07) is 11.5. The van der Waals surface area contributed by atoms with Gasteiger partial charge < -0.3 is 15.2 Å². The van der Waals surface area contributed by atoms with Gasteiger partial charge in [-0.15, -0.1) is 35.9 Å². The Labute approximate surface area is 164 Å². The third kappa shape index (κ3) is 6.83. The van der Waals surface area contributed by atoms with Gasteiger partial charge in [0.05, 0.1) is 18.2 Å². The zero-order valence-electron chi connectivity index (χ0n) is 14.9. The molecule has 3 nitrogen and oxygen atoms in total. The molecule has 2 N–H and O–H groups in total. The smallest absolute Gasteiger partial charge is 0.0680 e. The molecule has 1 aromatic carbocycles. The van der Waals surface area contributed by atoms with E-state index < -0.39 is 0 Å². The molecule has 1 radical (unpaired) electrons. The normalized spacial score (nSPS) is 23.1. The first-order valence-electron chi connectivity index (χ1n) is 8.42. The standard InChI is InChI=1S/C16H14N.C5H12O2.Ir/c1-12-11-14-9-5-6-10-15(14)17-16(12)13-7-3-2-4-8-13;1-4(6)3-5(2)7;/h2-7,9-11,14-15H,1H3;4-7H,3H2,1-2H3;/q-1;;. The van der Waals surface area contributed by atoms with Gasteiger partial charge in [-0.25, -0.2) is 0 Å². The number of hydrogen-bond donors (Lipinski definition) is 2. The Morgan fingerprint density at radius 1 is 1.12 bits per heavy atom. The summed E-state index contributed by atoms with van der Waals surface area (Å²) in [7, 11) is 0. The van der Waals surface area contributed by atoms with Gasteiger partial charge in [0, 0.05) is 26.0 Å². The molecular formula is C21H26IrNO2-. The summed E-state index contributed by atoms with van der Waals surface area (Å²) in [5.41, 5.74) is 3.41. The van der Waals surface area contributed by atoms with Crippen LogP contribution in [0.3, 0.4) is 0 Å². The summed E-state index contributed by atoms with van der Waals surface area (Å²) in [6.07, 6.45) is 10.6. The molecule has 2 aliphatic rings. The van der Waals surface area contributed by atoms with Crippen LogP contribution in [0.5, 0.6) is 0 Å². The van der Waals surface area contributed by atoms with Crippen molar-refractivity contribution in [1.29, 1.82) is 0 Å². The van der Waals surface area contributed by atoms with Crippen LogP contribution in [0.25, 0.3) is 0 Å². The summed E-state index contributed by atoms with van der Waals surface area (Å²) in [5.74, 6) is 0.424. The van der Waals surface area contributed by atoms with Gasteiger partial charge in [-0.2, -0.15) is 0 Å². The first-order chi connectivity index (χ1) is 11.5. The molecule has 1 heterocycles. The summed E-state index contributed by atoms with van der Waals surface area (Å²) in [4.78, 5) is 4.83. The molecule has 25 heavy (non-hydrogen) atoms. The summed E-state index contributed by atoms with van der Waals surface area (Å²) in [6.45, 7) is 5.45. The maximum atomic E-state index is 8.56. The van der Waals surface area contributed by atoms with Crippen LogP contribution < -0.4 is 0 Å². The van der Waals surface area contributed by atoms with Gasteiger partial charge in [-0.3, -0.25) is 0 Å². The second-order valence-electron chi connectivity index (χ2n) is 6.38. The predicted molar refractivity (Wildman–Crippen MR) is 99.1 cm³/mol. The fourth-order valence-corrected chi connectivity index (χ4v) is 2.83. The van der Waals surface area contributed by atoms with Crippen molar-refractivity contribution in [2.45, 2.75) is 45.4 Å². The van der Waals surface area contributed by atoms with E-state index >= 15 is 0 Å². The van der Waals surface area contributed by atoms with Crippen molar-refractivity contribution >= 4 is 5.71 Å². The van der Waals surface area contributed by atoms with Crippen molar-refractivity contribution in [2.75, 3.05) is 0 Å². The molecule has 0 saturated carbocycles. The molecule has 137 valence electrons. The number of aliphatic hydroxyl groups excluding tert-OH is 2. The molecule has 1 aromatic rings. The van der Waals surface area contributed by atoms with E-state index in [0.717, 1.165) is 11.3 Å². The second kappa shape index (κ2) is 10.6. The van der Waals surface area contributed by atoms with Crippen molar-refractivity contribution in [2.24, 2.45) is 10.9 Å². The van der Waals surface area contributed by atoms with Crippen LogP contribution in [0.2, 0.25) is 0 Å². The van der Waals surface area contributed by atoms with Crippen LogP contribution in [-0.2, 0) is 20.1 Å². The van der Waals surface area contributed by atoms with E-state index in [4.69, 9.17) is 15.2 Å². The Balaban J connectivity index is 0.000000339. The largest absolute Gasteiger partial charge is 0.393 e. The molecular weight excluding hydrogens is 490 g/mol. The van der Waals surface area contributed by atoms with Crippen molar-refractivity contribution in [3.05, 3.63) is 71.8 Å². The summed E-state index contributed by atoms with van der Waals surface area (Å²) >= 11 is 0. The number of aliphatic hydroxyl groups is 2. The number of benzene rings is 1. The van der Waals surface area contributed by atoms with Gasteiger partial charge in [0.2, 0.25) is 0 Å². The SMILES string of the molecule is CC(O)CC(C)O.CC1=CC2C=CC=CC2N=C1c1[c-]cccc1.[Ir]. The molecule has 0 fully saturated rings. The van der Waals surface area contributed by atoms with Crippen molar-refractivity contribution in [3.8, 4) is 0 Å². The van der Waals surface area contributed by atoms with E-state index in [1.807, 2.05) is 18.2 Å². The Morgan fingerprint density at radius 3 is 2.36 bits per heavy atom. The molecule has 4 unspecified atom stereocenters. The number of aliphatic imine (C=N–C) groups is 1. The first kappa shape index (κ1) is 21.7. The average molecular weight is 517 g/mol. The van der Waals surface area contributed by atoms with Crippen LogP contribution in [0.1, 0.15) is 32.8 Å². The minimum atomic E-state index is -0.375. The third-order valence-corrected chi connectivity index (χ3v) is 3.89. The number of dihydropyridines is 1. The maximum absolute atomic E-state index is 8.56. The Bertz CT molecular complexity index is 639. The Hall–Kier alpha value is -1.32. The molecule has 0 bridgehead atoms. The van der Waals surface area contributed by atoms with Gasteiger partial charge >= 0.3 is 0 Å².